The predicted molar refractivity (Wildman–Crippen MR) is 134 cm³/mol. The van der Waals surface area contributed by atoms with Crippen LogP contribution in [0.2, 0.25) is 15.1 Å². The molecule has 0 saturated carbocycles. The average Bonchev–Trinajstić information content (AvgIpc) is 2.73. The van der Waals surface area contributed by atoms with Crippen LogP contribution in [0.1, 0.15) is 25.0 Å². The smallest absolute Gasteiger partial charge is 0.244 e. The SMILES string of the molecule is CCNC(=O)[C@@H](C)N(Cc1ccc(Cl)c(Cl)c1)C(=O)CN(c1ccc(C)c(Cl)c1)S(C)(=O)=O. The van der Waals surface area contributed by atoms with Gasteiger partial charge in [0.2, 0.25) is 21.8 Å². The zero-order chi connectivity index (χ0) is 24.9. The maximum absolute atomic E-state index is 13.4. The largest absolute Gasteiger partial charge is 0.355 e. The summed E-state index contributed by atoms with van der Waals surface area (Å²) in [5.41, 5.74) is 1.66. The molecule has 0 radical (unpaired) electrons. The summed E-state index contributed by atoms with van der Waals surface area (Å²) >= 11 is 18.3. The summed E-state index contributed by atoms with van der Waals surface area (Å²) in [6.45, 7) is 5.03. The van der Waals surface area contributed by atoms with Crippen LogP contribution in [-0.2, 0) is 26.2 Å². The molecule has 0 aliphatic heterocycles. The third-order valence-electron chi connectivity index (χ3n) is 4.98. The van der Waals surface area contributed by atoms with Crippen molar-refractivity contribution >= 4 is 62.3 Å². The number of carbonyl (C=O) groups is 2. The maximum Gasteiger partial charge on any atom is 0.244 e. The van der Waals surface area contributed by atoms with Crippen LogP contribution in [0, 0.1) is 6.92 Å². The lowest BCUT2D eigenvalue weighted by Crippen LogP contribution is -2.51. The summed E-state index contributed by atoms with van der Waals surface area (Å²) in [6.07, 6.45) is 1.00. The van der Waals surface area contributed by atoms with Gasteiger partial charge in [0, 0.05) is 18.1 Å². The second-order valence-corrected chi connectivity index (χ2v) is 10.7. The highest BCUT2D eigenvalue weighted by molar-refractivity contribution is 7.92. The molecule has 2 rings (SSSR count). The van der Waals surface area contributed by atoms with E-state index in [1.54, 1.807) is 51.1 Å². The Balaban J connectivity index is 2.42. The van der Waals surface area contributed by atoms with Gasteiger partial charge < -0.3 is 10.2 Å². The van der Waals surface area contributed by atoms with E-state index >= 15 is 0 Å². The predicted octanol–water partition coefficient (Wildman–Crippen LogP) is 4.27. The number of benzene rings is 2. The normalized spacial score (nSPS) is 12.2. The monoisotopic (exact) mass is 533 g/mol. The molecule has 180 valence electrons. The van der Waals surface area contributed by atoms with Crippen LogP contribution in [0.25, 0.3) is 0 Å². The lowest BCUT2D eigenvalue weighted by molar-refractivity contribution is -0.139. The van der Waals surface area contributed by atoms with Crippen molar-refractivity contribution in [3.8, 4) is 0 Å². The van der Waals surface area contributed by atoms with Gasteiger partial charge in [0.25, 0.3) is 0 Å². The van der Waals surface area contributed by atoms with Gasteiger partial charge in [-0.2, -0.15) is 0 Å². The van der Waals surface area contributed by atoms with E-state index in [0.29, 0.717) is 27.2 Å². The van der Waals surface area contributed by atoms with Crippen molar-refractivity contribution < 1.29 is 18.0 Å². The molecule has 2 aromatic rings. The minimum Gasteiger partial charge on any atom is -0.355 e. The van der Waals surface area contributed by atoms with Gasteiger partial charge >= 0.3 is 0 Å². The molecular formula is C22H26Cl3N3O4S. The van der Waals surface area contributed by atoms with Gasteiger partial charge in [-0.25, -0.2) is 8.42 Å². The molecule has 0 aliphatic carbocycles. The fourth-order valence-electron chi connectivity index (χ4n) is 3.09. The molecule has 0 heterocycles. The van der Waals surface area contributed by atoms with E-state index in [9.17, 15) is 18.0 Å². The molecule has 0 unspecified atom stereocenters. The summed E-state index contributed by atoms with van der Waals surface area (Å²) < 4.78 is 26.0. The topological polar surface area (TPSA) is 86.8 Å². The molecule has 2 amide bonds. The molecule has 0 aromatic heterocycles. The average molecular weight is 535 g/mol. The number of amides is 2. The van der Waals surface area contributed by atoms with Gasteiger partial charge in [0.1, 0.15) is 12.6 Å². The van der Waals surface area contributed by atoms with Gasteiger partial charge in [-0.05, 0) is 56.2 Å². The van der Waals surface area contributed by atoms with Crippen molar-refractivity contribution in [2.24, 2.45) is 0 Å². The van der Waals surface area contributed by atoms with Gasteiger partial charge in [-0.3, -0.25) is 13.9 Å². The highest BCUT2D eigenvalue weighted by atomic mass is 35.5. The van der Waals surface area contributed by atoms with Gasteiger partial charge in [0.05, 0.1) is 22.0 Å². The number of hydrogen-bond acceptors (Lipinski definition) is 4. The number of anilines is 1. The van der Waals surface area contributed by atoms with Crippen molar-refractivity contribution in [3.63, 3.8) is 0 Å². The zero-order valence-electron chi connectivity index (χ0n) is 18.7. The van der Waals surface area contributed by atoms with Gasteiger partial charge in [-0.15, -0.1) is 0 Å². The summed E-state index contributed by atoms with van der Waals surface area (Å²) in [6, 6.07) is 8.75. The quantitative estimate of drug-likeness (QED) is 0.520. The molecule has 1 atom stereocenters. The van der Waals surface area contributed by atoms with E-state index in [2.05, 4.69) is 5.32 Å². The Bertz CT molecular complexity index is 1140. The van der Waals surface area contributed by atoms with Gasteiger partial charge in [-0.1, -0.05) is 46.9 Å². The van der Waals surface area contributed by atoms with Crippen LogP contribution >= 0.6 is 34.8 Å². The van der Waals surface area contributed by atoms with Crippen LogP contribution in [0.4, 0.5) is 5.69 Å². The summed E-state index contributed by atoms with van der Waals surface area (Å²) in [7, 11) is -3.83. The molecule has 0 aliphatic rings. The van der Waals surface area contributed by atoms with Crippen LogP contribution in [0.3, 0.4) is 0 Å². The van der Waals surface area contributed by atoms with Crippen molar-refractivity contribution in [1.29, 1.82) is 0 Å². The molecular weight excluding hydrogens is 509 g/mol. The number of sulfonamides is 1. The number of carbonyl (C=O) groups excluding carboxylic acids is 2. The van der Waals surface area contributed by atoms with E-state index in [0.717, 1.165) is 16.1 Å². The molecule has 0 spiro atoms. The minimum atomic E-state index is -3.83. The Kier molecular flexibility index (Phi) is 9.43. The van der Waals surface area contributed by atoms with Crippen LogP contribution in [-0.4, -0.2) is 50.5 Å². The Morgan fingerprint density at radius 1 is 1.03 bits per heavy atom. The minimum absolute atomic E-state index is 0.0281. The van der Waals surface area contributed by atoms with Crippen LogP contribution in [0.5, 0.6) is 0 Å². The first-order valence-electron chi connectivity index (χ1n) is 10.1. The first-order chi connectivity index (χ1) is 15.3. The molecule has 2 aromatic carbocycles. The fourth-order valence-corrected chi connectivity index (χ4v) is 4.43. The van der Waals surface area contributed by atoms with Crippen molar-refractivity contribution in [1.82, 2.24) is 10.2 Å². The van der Waals surface area contributed by atoms with E-state index in [4.69, 9.17) is 34.8 Å². The molecule has 0 fully saturated rings. The maximum atomic E-state index is 13.4. The van der Waals surface area contributed by atoms with Crippen LogP contribution in [0.15, 0.2) is 36.4 Å². The number of aryl methyl sites for hydroxylation is 1. The first kappa shape index (κ1) is 27.2. The third-order valence-corrected chi connectivity index (χ3v) is 7.26. The van der Waals surface area contributed by atoms with Crippen LogP contribution < -0.4 is 9.62 Å². The van der Waals surface area contributed by atoms with Crippen molar-refractivity contribution in [3.05, 3.63) is 62.6 Å². The number of nitrogens with zero attached hydrogens (tertiary/aromatic N) is 2. The van der Waals surface area contributed by atoms with Crippen molar-refractivity contribution in [2.45, 2.75) is 33.4 Å². The molecule has 0 saturated heterocycles. The summed E-state index contributed by atoms with van der Waals surface area (Å²) in [5.74, 6) is -0.933. The Morgan fingerprint density at radius 3 is 2.24 bits per heavy atom. The van der Waals surface area contributed by atoms with E-state index in [1.165, 1.54) is 11.0 Å². The molecule has 33 heavy (non-hydrogen) atoms. The van der Waals surface area contributed by atoms with E-state index in [-0.39, 0.29) is 18.1 Å². The summed E-state index contributed by atoms with van der Waals surface area (Å²) in [4.78, 5) is 27.2. The van der Waals surface area contributed by atoms with E-state index < -0.39 is 28.5 Å². The Labute approximate surface area is 209 Å². The Morgan fingerprint density at radius 2 is 1.70 bits per heavy atom. The number of rotatable bonds is 9. The lowest BCUT2D eigenvalue weighted by atomic mass is 10.1. The number of nitrogens with one attached hydrogen (secondary N) is 1. The second kappa shape index (κ2) is 11.4. The first-order valence-corrected chi connectivity index (χ1v) is 13.1. The summed E-state index contributed by atoms with van der Waals surface area (Å²) in [5, 5.41) is 3.72. The van der Waals surface area contributed by atoms with Gasteiger partial charge in [0.15, 0.2) is 0 Å². The number of halogens is 3. The third kappa shape index (κ3) is 7.24. The molecule has 7 nitrogen and oxygen atoms in total. The molecule has 0 bridgehead atoms. The Hall–Kier alpha value is -2.00. The number of hydrogen-bond donors (Lipinski definition) is 1. The van der Waals surface area contributed by atoms with E-state index in [1.807, 2.05) is 0 Å². The standard InChI is InChI=1S/C22H26Cl3N3O4S/c1-5-26-22(30)15(3)27(12-16-7-9-18(23)20(25)10-16)21(29)13-28(33(4,31)32)17-8-6-14(2)19(24)11-17/h6-11,15H,5,12-13H2,1-4H3,(H,26,30)/t15-/m1/s1. The van der Waals surface area contributed by atoms with Crippen molar-refractivity contribution in [2.75, 3.05) is 23.7 Å². The molecule has 1 N–H and O–H groups in total. The second-order valence-electron chi connectivity index (χ2n) is 7.54. The molecule has 11 heteroatoms. The fraction of sp³-hybridized carbons (Fsp3) is 0.364. The highest BCUT2D eigenvalue weighted by Gasteiger charge is 2.30. The lowest BCUT2D eigenvalue weighted by Gasteiger charge is -2.31. The zero-order valence-corrected chi connectivity index (χ0v) is 21.8. The highest BCUT2D eigenvalue weighted by Crippen LogP contribution is 2.26. The number of likely N-dealkylation sites (N-methyl/N-ethyl adjacent to an activating group) is 1.